The monoisotopic (exact) mass is 316 g/mol. The number of sulfonamides is 1. The van der Waals surface area contributed by atoms with E-state index in [1.54, 1.807) is 6.07 Å². The fourth-order valence-electron chi connectivity index (χ4n) is 2.21. The van der Waals surface area contributed by atoms with Crippen molar-refractivity contribution in [2.45, 2.75) is 62.9 Å². The summed E-state index contributed by atoms with van der Waals surface area (Å²) < 4.78 is 27.7. The predicted octanol–water partition coefficient (Wildman–Crippen LogP) is 2.71. The second kappa shape index (κ2) is 6.56. The molecule has 1 heterocycles. The number of hydrogen-bond donors (Lipinski definition) is 2. The molecule has 1 aliphatic rings. The minimum absolute atomic E-state index is 0.0323. The lowest BCUT2D eigenvalue weighted by Crippen LogP contribution is -2.33. The Morgan fingerprint density at radius 1 is 1.30 bits per heavy atom. The molecule has 20 heavy (non-hydrogen) atoms. The topological polar surface area (TPSA) is 58.2 Å². The van der Waals surface area contributed by atoms with Gasteiger partial charge in [-0.2, -0.15) is 0 Å². The molecule has 1 aromatic rings. The van der Waals surface area contributed by atoms with Crippen LogP contribution in [-0.2, 0) is 16.6 Å². The van der Waals surface area contributed by atoms with Crippen LogP contribution < -0.4 is 10.0 Å². The maximum atomic E-state index is 12.3. The van der Waals surface area contributed by atoms with E-state index in [1.165, 1.54) is 24.2 Å². The smallest absolute Gasteiger partial charge is 0.250 e. The Morgan fingerprint density at radius 2 is 2.00 bits per heavy atom. The standard InChI is InChI=1S/C14H24N2O2S2/c1-10(2)8-11(3)16-20(17,18)14-7-6-13(19-14)9-15-12-4-5-12/h6-7,10-12,15-16H,4-5,8-9H2,1-3H3. The molecule has 0 amide bonds. The average molecular weight is 316 g/mol. The van der Waals surface area contributed by atoms with Gasteiger partial charge in [-0.3, -0.25) is 0 Å². The van der Waals surface area contributed by atoms with E-state index in [2.05, 4.69) is 23.9 Å². The van der Waals surface area contributed by atoms with Gasteiger partial charge in [0.2, 0.25) is 10.0 Å². The van der Waals surface area contributed by atoms with E-state index in [4.69, 9.17) is 0 Å². The van der Waals surface area contributed by atoms with Crippen LogP contribution in [0.2, 0.25) is 0 Å². The van der Waals surface area contributed by atoms with E-state index >= 15 is 0 Å². The summed E-state index contributed by atoms with van der Waals surface area (Å²) in [5.41, 5.74) is 0. The minimum Gasteiger partial charge on any atom is -0.309 e. The summed E-state index contributed by atoms with van der Waals surface area (Å²) in [7, 11) is -3.37. The number of thiophene rings is 1. The molecule has 6 heteroatoms. The highest BCUT2D eigenvalue weighted by molar-refractivity contribution is 7.91. The van der Waals surface area contributed by atoms with Gasteiger partial charge in [0.15, 0.2) is 0 Å². The molecule has 1 aliphatic carbocycles. The molecular formula is C14H24N2O2S2. The molecular weight excluding hydrogens is 292 g/mol. The Hall–Kier alpha value is -0.430. The average Bonchev–Trinajstić information content (AvgIpc) is 3.01. The van der Waals surface area contributed by atoms with E-state index in [1.807, 2.05) is 13.0 Å². The summed E-state index contributed by atoms with van der Waals surface area (Å²) in [5, 5.41) is 3.40. The van der Waals surface area contributed by atoms with Gasteiger partial charge in [0.05, 0.1) is 0 Å². The second-order valence-corrected chi connectivity index (χ2v) is 9.14. The zero-order valence-corrected chi connectivity index (χ0v) is 14.0. The van der Waals surface area contributed by atoms with Crippen LogP contribution in [0.25, 0.3) is 0 Å². The third-order valence-electron chi connectivity index (χ3n) is 3.23. The Labute approximate surface area is 126 Å². The summed E-state index contributed by atoms with van der Waals surface area (Å²) in [4.78, 5) is 1.08. The highest BCUT2D eigenvalue weighted by atomic mass is 32.2. The molecule has 0 aromatic carbocycles. The summed E-state index contributed by atoms with van der Waals surface area (Å²) in [6, 6.07) is 4.22. The van der Waals surface area contributed by atoms with Crippen LogP contribution in [-0.4, -0.2) is 20.5 Å². The molecule has 1 atom stereocenters. The molecule has 1 fully saturated rings. The Morgan fingerprint density at radius 3 is 2.60 bits per heavy atom. The first-order valence-electron chi connectivity index (χ1n) is 7.21. The molecule has 4 nitrogen and oxygen atoms in total. The maximum absolute atomic E-state index is 12.3. The van der Waals surface area contributed by atoms with Gasteiger partial charge in [-0.15, -0.1) is 11.3 Å². The van der Waals surface area contributed by atoms with E-state index in [0.29, 0.717) is 16.2 Å². The fourth-order valence-corrected chi connectivity index (χ4v) is 4.79. The summed E-state index contributed by atoms with van der Waals surface area (Å²) >= 11 is 1.36. The van der Waals surface area contributed by atoms with E-state index in [0.717, 1.165) is 17.8 Å². The Kier molecular flexibility index (Phi) is 5.23. The highest BCUT2D eigenvalue weighted by Crippen LogP contribution is 2.24. The van der Waals surface area contributed by atoms with E-state index < -0.39 is 10.0 Å². The molecule has 0 radical (unpaired) electrons. The fraction of sp³-hybridized carbons (Fsp3) is 0.714. The lowest BCUT2D eigenvalue weighted by atomic mass is 10.1. The second-order valence-electron chi connectivity index (χ2n) is 6.03. The van der Waals surface area contributed by atoms with Crippen LogP contribution in [0.3, 0.4) is 0 Å². The summed E-state index contributed by atoms with van der Waals surface area (Å²) in [6.07, 6.45) is 3.33. The lowest BCUT2D eigenvalue weighted by Gasteiger charge is -2.15. The van der Waals surface area contributed by atoms with Crippen molar-refractivity contribution in [3.63, 3.8) is 0 Å². The van der Waals surface area contributed by atoms with Gasteiger partial charge in [-0.25, -0.2) is 13.1 Å². The number of rotatable bonds is 8. The summed E-state index contributed by atoms with van der Waals surface area (Å²) in [5.74, 6) is 0.481. The predicted molar refractivity (Wildman–Crippen MR) is 83.4 cm³/mol. The molecule has 1 saturated carbocycles. The number of nitrogens with one attached hydrogen (secondary N) is 2. The van der Waals surface area contributed by atoms with Crippen LogP contribution in [0.1, 0.15) is 44.9 Å². The van der Waals surface area contributed by atoms with Crippen molar-refractivity contribution in [1.29, 1.82) is 0 Å². The van der Waals surface area contributed by atoms with Crippen molar-refractivity contribution >= 4 is 21.4 Å². The zero-order valence-electron chi connectivity index (χ0n) is 12.3. The normalized spacial score (nSPS) is 17.6. The van der Waals surface area contributed by atoms with Crippen LogP contribution >= 0.6 is 11.3 Å². The van der Waals surface area contributed by atoms with Crippen molar-refractivity contribution in [3.8, 4) is 0 Å². The number of hydrogen-bond acceptors (Lipinski definition) is 4. The summed E-state index contributed by atoms with van der Waals surface area (Å²) in [6.45, 7) is 6.88. The van der Waals surface area contributed by atoms with Crippen LogP contribution in [0, 0.1) is 5.92 Å². The Bertz CT molecular complexity index is 533. The van der Waals surface area contributed by atoms with Crippen molar-refractivity contribution in [3.05, 3.63) is 17.0 Å². The first kappa shape index (κ1) is 15.9. The third kappa shape index (κ3) is 4.84. The van der Waals surface area contributed by atoms with Crippen LogP contribution in [0.4, 0.5) is 0 Å². The third-order valence-corrected chi connectivity index (χ3v) is 6.39. The van der Waals surface area contributed by atoms with Gasteiger partial charge in [-0.05, 0) is 44.2 Å². The molecule has 2 N–H and O–H groups in total. The van der Waals surface area contributed by atoms with Gasteiger partial charge < -0.3 is 5.32 Å². The molecule has 114 valence electrons. The van der Waals surface area contributed by atoms with Gasteiger partial charge in [-0.1, -0.05) is 13.8 Å². The SMILES string of the molecule is CC(C)CC(C)NS(=O)(=O)c1ccc(CNC2CC2)s1. The molecule has 0 spiro atoms. The van der Waals surface area contributed by atoms with Gasteiger partial charge >= 0.3 is 0 Å². The van der Waals surface area contributed by atoms with Crippen molar-refractivity contribution in [1.82, 2.24) is 10.0 Å². The molecule has 1 unspecified atom stereocenters. The van der Waals surface area contributed by atoms with Crippen LogP contribution in [0.15, 0.2) is 16.3 Å². The molecule has 0 bridgehead atoms. The van der Waals surface area contributed by atoms with E-state index in [9.17, 15) is 8.42 Å². The first-order chi connectivity index (χ1) is 9.37. The maximum Gasteiger partial charge on any atom is 0.250 e. The van der Waals surface area contributed by atoms with Crippen molar-refractivity contribution in [2.75, 3.05) is 0 Å². The van der Waals surface area contributed by atoms with Crippen molar-refractivity contribution in [2.24, 2.45) is 5.92 Å². The molecule has 0 saturated heterocycles. The highest BCUT2D eigenvalue weighted by Gasteiger charge is 2.22. The minimum atomic E-state index is -3.37. The zero-order chi connectivity index (χ0) is 14.8. The first-order valence-corrected chi connectivity index (χ1v) is 9.51. The van der Waals surface area contributed by atoms with Gasteiger partial charge in [0, 0.05) is 23.5 Å². The quantitative estimate of drug-likeness (QED) is 0.775. The van der Waals surface area contributed by atoms with E-state index in [-0.39, 0.29) is 6.04 Å². The Balaban J connectivity index is 1.94. The van der Waals surface area contributed by atoms with Crippen LogP contribution in [0.5, 0.6) is 0 Å². The molecule has 1 aromatic heterocycles. The van der Waals surface area contributed by atoms with Gasteiger partial charge in [0.25, 0.3) is 0 Å². The molecule has 0 aliphatic heterocycles. The van der Waals surface area contributed by atoms with Crippen molar-refractivity contribution < 1.29 is 8.42 Å². The lowest BCUT2D eigenvalue weighted by molar-refractivity contribution is 0.483. The van der Waals surface area contributed by atoms with Gasteiger partial charge in [0.1, 0.15) is 4.21 Å². The largest absolute Gasteiger partial charge is 0.309 e. The molecule has 2 rings (SSSR count).